The van der Waals surface area contributed by atoms with Crippen LogP contribution in [-0.4, -0.2) is 10.8 Å². The fourth-order valence-corrected chi connectivity index (χ4v) is 2.40. The van der Waals surface area contributed by atoms with Crippen LogP contribution < -0.4 is 5.32 Å². The Morgan fingerprint density at radius 2 is 2.04 bits per heavy atom. The van der Waals surface area contributed by atoms with E-state index in [1.807, 2.05) is 6.92 Å². The van der Waals surface area contributed by atoms with E-state index in [0.717, 1.165) is 5.56 Å². The molecule has 0 unspecified atom stereocenters. The molecule has 0 aliphatic rings. The zero-order valence-electron chi connectivity index (χ0n) is 12.0. The van der Waals surface area contributed by atoms with E-state index in [1.54, 1.807) is 18.2 Å². The number of anilines is 1. The third-order valence-corrected chi connectivity index (χ3v) is 3.70. The SMILES string of the molecule is Cc1ccc(Cl)cc1NC(=O)c1coc2ccc([N+](=O)[O-])cc12. The highest BCUT2D eigenvalue weighted by molar-refractivity contribution is 6.31. The summed E-state index contributed by atoms with van der Waals surface area (Å²) in [5, 5.41) is 14.5. The van der Waals surface area contributed by atoms with Crippen molar-refractivity contribution in [2.24, 2.45) is 0 Å². The molecule has 6 nitrogen and oxygen atoms in total. The van der Waals surface area contributed by atoms with E-state index in [4.69, 9.17) is 16.0 Å². The number of carbonyl (C=O) groups is 1. The Kier molecular flexibility index (Phi) is 3.75. The number of hydrogen-bond donors (Lipinski definition) is 1. The molecule has 0 bridgehead atoms. The van der Waals surface area contributed by atoms with Gasteiger partial charge in [-0.15, -0.1) is 0 Å². The van der Waals surface area contributed by atoms with Crippen molar-refractivity contribution in [2.75, 3.05) is 5.32 Å². The minimum absolute atomic E-state index is 0.105. The summed E-state index contributed by atoms with van der Waals surface area (Å²) >= 11 is 5.93. The fourth-order valence-electron chi connectivity index (χ4n) is 2.23. The van der Waals surface area contributed by atoms with Crippen LogP contribution in [-0.2, 0) is 0 Å². The summed E-state index contributed by atoms with van der Waals surface area (Å²) in [7, 11) is 0. The molecular formula is C16H11ClN2O4. The molecule has 0 aliphatic heterocycles. The minimum atomic E-state index is -0.519. The van der Waals surface area contributed by atoms with Crippen LogP contribution in [0.1, 0.15) is 15.9 Å². The molecule has 0 aliphatic carbocycles. The standard InChI is InChI=1S/C16H11ClN2O4/c1-9-2-3-10(17)6-14(9)18-16(20)13-8-23-15-5-4-11(19(21)22)7-12(13)15/h2-8H,1H3,(H,18,20). The molecule has 1 heterocycles. The van der Waals surface area contributed by atoms with Crippen molar-refractivity contribution in [1.82, 2.24) is 0 Å². The lowest BCUT2D eigenvalue weighted by Crippen LogP contribution is -2.12. The highest BCUT2D eigenvalue weighted by Crippen LogP contribution is 2.27. The summed E-state index contributed by atoms with van der Waals surface area (Å²) in [5.41, 5.74) is 1.95. The Bertz CT molecular complexity index is 933. The summed E-state index contributed by atoms with van der Waals surface area (Å²) in [4.78, 5) is 22.8. The van der Waals surface area contributed by atoms with Gasteiger partial charge in [0.2, 0.25) is 0 Å². The van der Waals surface area contributed by atoms with Crippen LogP contribution >= 0.6 is 11.6 Å². The summed E-state index contributed by atoms with van der Waals surface area (Å²) in [5.74, 6) is -0.422. The van der Waals surface area contributed by atoms with Crippen LogP contribution in [0.5, 0.6) is 0 Å². The molecule has 0 fully saturated rings. The monoisotopic (exact) mass is 330 g/mol. The molecule has 2 aromatic carbocycles. The van der Waals surface area contributed by atoms with Gasteiger partial charge in [0, 0.05) is 28.2 Å². The van der Waals surface area contributed by atoms with Crippen LogP contribution in [0.4, 0.5) is 11.4 Å². The largest absolute Gasteiger partial charge is 0.463 e. The highest BCUT2D eigenvalue weighted by Gasteiger charge is 2.17. The number of hydrogen-bond acceptors (Lipinski definition) is 4. The second kappa shape index (κ2) is 5.73. The van der Waals surface area contributed by atoms with Crippen molar-refractivity contribution in [1.29, 1.82) is 0 Å². The first kappa shape index (κ1) is 15.1. The Balaban J connectivity index is 1.99. The number of fused-ring (bicyclic) bond motifs is 1. The van der Waals surface area contributed by atoms with Crippen molar-refractivity contribution < 1.29 is 14.1 Å². The van der Waals surface area contributed by atoms with Gasteiger partial charge in [0.1, 0.15) is 11.8 Å². The Labute approximate surface area is 135 Å². The van der Waals surface area contributed by atoms with Gasteiger partial charge >= 0.3 is 0 Å². The molecule has 0 saturated heterocycles. The van der Waals surface area contributed by atoms with Crippen molar-refractivity contribution in [3.8, 4) is 0 Å². The van der Waals surface area contributed by atoms with Crippen LogP contribution in [0, 0.1) is 17.0 Å². The number of nitrogens with zero attached hydrogens (tertiary/aromatic N) is 1. The summed E-state index contributed by atoms with van der Waals surface area (Å²) in [6.07, 6.45) is 1.28. The molecule has 1 N–H and O–H groups in total. The lowest BCUT2D eigenvalue weighted by molar-refractivity contribution is -0.384. The summed E-state index contributed by atoms with van der Waals surface area (Å²) < 4.78 is 5.29. The second-order valence-electron chi connectivity index (χ2n) is 5.00. The van der Waals surface area contributed by atoms with Crippen molar-refractivity contribution in [3.63, 3.8) is 0 Å². The van der Waals surface area contributed by atoms with Gasteiger partial charge in [0.15, 0.2) is 0 Å². The van der Waals surface area contributed by atoms with Crippen LogP contribution in [0.2, 0.25) is 5.02 Å². The zero-order valence-corrected chi connectivity index (χ0v) is 12.8. The molecule has 0 saturated carbocycles. The number of nitro groups is 1. The molecule has 3 rings (SSSR count). The Hall–Kier alpha value is -2.86. The smallest absolute Gasteiger partial charge is 0.270 e. The molecule has 3 aromatic rings. The van der Waals surface area contributed by atoms with E-state index in [1.165, 1.54) is 24.5 Å². The normalized spacial score (nSPS) is 10.7. The number of nitrogens with one attached hydrogen (secondary N) is 1. The predicted molar refractivity (Wildman–Crippen MR) is 87.0 cm³/mol. The fraction of sp³-hybridized carbons (Fsp3) is 0.0625. The number of amides is 1. The van der Waals surface area contributed by atoms with Crippen LogP contribution in [0.25, 0.3) is 11.0 Å². The van der Waals surface area contributed by atoms with Crippen LogP contribution in [0.15, 0.2) is 47.1 Å². The second-order valence-corrected chi connectivity index (χ2v) is 5.44. The topological polar surface area (TPSA) is 85.4 Å². The maximum Gasteiger partial charge on any atom is 0.270 e. The molecule has 0 spiro atoms. The number of halogens is 1. The van der Waals surface area contributed by atoms with Gasteiger partial charge in [0.25, 0.3) is 11.6 Å². The first-order chi connectivity index (χ1) is 11.0. The molecular weight excluding hydrogens is 320 g/mol. The highest BCUT2D eigenvalue weighted by atomic mass is 35.5. The number of furan rings is 1. The lowest BCUT2D eigenvalue weighted by atomic mass is 10.1. The first-order valence-corrected chi connectivity index (χ1v) is 7.06. The third kappa shape index (κ3) is 2.89. The Morgan fingerprint density at radius 1 is 1.26 bits per heavy atom. The minimum Gasteiger partial charge on any atom is -0.463 e. The van der Waals surface area contributed by atoms with E-state index in [0.29, 0.717) is 21.7 Å². The summed E-state index contributed by atoms with van der Waals surface area (Å²) in [6, 6.07) is 9.26. The van der Waals surface area contributed by atoms with Gasteiger partial charge in [-0.1, -0.05) is 17.7 Å². The van der Waals surface area contributed by atoms with E-state index < -0.39 is 10.8 Å². The number of benzene rings is 2. The third-order valence-electron chi connectivity index (χ3n) is 3.46. The van der Waals surface area contributed by atoms with Gasteiger partial charge in [-0.25, -0.2) is 0 Å². The van der Waals surface area contributed by atoms with E-state index >= 15 is 0 Å². The van der Waals surface area contributed by atoms with Crippen LogP contribution in [0.3, 0.4) is 0 Å². The van der Waals surface area contributed by atoms with Gasteiger partial charge in [-0.05, 0) is 30.7 Å². The molecule has 0 radical (unpaired) electrons. The van der Waals surface area contributed by atoms with E-state index in [2.05, 4.69) is 5.32 Å². The number of non-ortho nitro benzene ring substituents is 1. The first-order valence-electron chi connectivity index (χ1n) is 6.69. The molecule has 1 amide bonds. The number of aryl methyl sites for hydroxylation is 1. The molecule has 0 atom stereocenters. The maximum absolute atomic E-state index is 12.4. The van der Waals surface area contributed by atoms with E-state index in [9.17, 15) is 14.9 Å². The zero-order chi connectivity index (χ0) is 16.6. The average molecular weight is 331 g/mol. The van der Waals surface area contributed by atoms with Gasteiger partial charge in [-0.3, -0.25) is 14.9 Å². The molecule has 116 valence electrons. The number of nitro benzene ring substituents is 1. The summed E-state index contributed by atoms with van der Waals surface area (Å²) in [6.45, 7) is 1.84. The van der Waals surface area contributed by atoms with Crippen molar-refractivity contribution >= 4 is 39.9 Å². The number of carbonyl (C=O) groups excluding carboxylic acids is 1. The molecule has 23 heavy (non-hydrogen) atoms. The van der Waals surface area contributed by atoms with Gasteiger partial charge in [-0.2, -0.15) is 0 Å². The van der Waals surface area contributed by atoms with Crippen molar-refractivity contribution in [3.05, 3.63) is 68.9 Å². The molecule has 1 aromatic heterocycles. The van der Waals surface area contributed by atoms with Gasteiger partial charge in [0.05, 0.1) is 10.5 Å². The quantitative estimate of drug-likeness (QED) is 0.563. The average Bonchev–Trinajstić information content (AvgIpc) is 2.94. The number of rotatable bonds is 3. The Morgan fingerprint density at radius 3 is 2.78 bits per heavy atom. The van der Waals surface area contributed by atoms with E-state index in [-0.39, 0.29) is 11.3 Å². The predicted octanol–water partition coefficient (Wildman–Crippen LogP) is 4.56. The molecule has 7 heteroatoms. The van der Waals surface area contributed by atoms with Crippen molar-refractivity contribution in [2.45, 2.75) is 6.92 Å². The lowest BCUT2D eigenvalue weighted by Gasteiger charge is -2.08. The van der Waals surface area contributed by atoms with Gasteiger partial charge < -0.3 is 9.73 Å². The maximum atomic E-state index is 12.4.